The number of methoxy groups -OCH3 is 1. The summed E-state index contributed by atoms with van der Waals surface area (Å²) >= 11 is 0. The van der Waals surface area contributed by atoms with Crippen LogP contribution < -0.4 is 25.8 Å². The summed E-state index contributed by atoms with van der Waals surface area (Å²) in [7, 11) is -2.11. The van der Waals surface area contributed by atoms with Gasteiger partial charge in [-0.15, -0.1) is 0 Å². The van der Waals surface area contributed by atoms with Gasteiger partial charge in [0.2, 0.25) is 15.9 Å². The van der Waals surface area contributed by atoms with Gasteiger partial charge in [0.25, 0.3) is 0 Å². The number of primary amides is 1. The number of carbonyl (C=O) groups is 2. The molecule has 34 heavy (non-hydrogen) atoms. The van der Waals surface area contributed by atoms with E-state index in [9.17, 15) is 18.0 Å². The molecule has 0 saturated heterocycles. The lowest BCUT2D eigenvalue weighted by Crippen LogP contribution is -2.47. The molecule has 0 bridgehead atoms. The smallest absolute Gasteiger partial charge is 0.312 e. The van der Waals surface area contributed by atoms with Crippen LogP contribution in [0.3, 0.4) is 0 Å². The van der Waals surface area contributed by atoms with Gasteiger partial charge < -0.3 is 21.1 Å². The van der Waals surface area contributed by atoms with Crippen LogP contribution in [0.2, 0.25) is 0 Å². The molecule has 0 aliphatic heterocycles. The van der Waals surface area contributed by atoms with Crippen LogP contribution in [0.4, 0.5) is 16.2 Å². The van der Waals surface area contributed by atoms with Gasteiger partial charge in [-0.2, -0.15) is 0 Å². The molecule has 10 heteroatoms. The van der Waals surface area contributed by atoms with Crippen molar-refractivity contribution < 1.29 is 22.7 Å². The second kappa shape index (κ2) is 11.2. The monoisotopic (exact) mass is 482 g/mol. The Kier molecular flexibility index (Phi) is 8.10. The maximum atomic E-state index is 12.7. The molecule has 0 heterocycles. The van der Waals surface area contributed by atoms with Gasteiger partial charge in [0, 0.05) is 17.8 Å². The van der Waals surface area contributed by atoms with Crippen molar-refractivity contribution >= 4 is 33.3 Å². The van der Waals surface area contributed by atoms with Crippen LogP contribution in [0.1, 0.15) is 11.1 Å². The standard InChI is InChI=1S/C24H26N4O5S/c1-33-21-13-11-20(12-14-21)28-34(31,32)16-18-7-9-19(10-8-18)26-23(29)22(27-24(25)30)15-17-5-3-2-4-6-17/h2-14,22,28H,15-16H2,1H3,(H,26,29)(H3,25,27,30). The van der Waals surface area contributed by atoms with Crippen LogP contribution in [-0.2, 0) is 27.0 Å². The molecule has 178 valence electrons. The van der Waals surface area contributed by atoms with E-state index in [1.807, 2.05) is 30.3 Å². The van der Waals surface area contributed by atoms with E-state index in [1.165, 1.54) is 7.11 Å². The van der Waals surface area contributed by atoms with Gasteiger partial charge in [-0.05, 0) is 47.5 Å². The Morgan fingerprint density at radius 2 is 1.50 bits per heavy atom. The molecule has 9 nitrogen and oxygen atoms in total. The fourth-order valence-electron chi connectivity index (χ4n) is 3.24. The van der Waals surface area contributed by atoms with E-state index >= 15 is 0 Å². The topological polar surface area (TPSA) is 140 Å². The Morgan fingerprint density at radius 1 is 0.882 bits per heavy atom. The zero-order valence-electron chi connectivity index (χ0n) is 18.5. The lowest BCUT2D eigenvalue weighted by atomic mass is 10.1. The van der Waals surface area contributed by atoms with Crippen molar-refractivity contribution in [3.05, 3.63) is 90.0 Å². The van der Waals surface area contributed by atoms with Gasteiger partial charge in [-0.3, -0.25) is 9.52 Å². The third-order valence-electron chi connectivity index (χ3n) is 4.86. The summed E-state index contributed by atoms with van der Waals surface area (Å²) in [6, 6.07) is 20.5. The molecule has 0 aliphatic rings. The number of sulfonamides is 1. The second-order valence-electron chi connectivity index (χ2n) is 7.53. The Balaban J connectivity index is 1.62. The minimum absolute atomic E-state index is 0.243. The molecule has 0 spiro atoms. The number of amides is 3. The highest BCUT2D eigenvalue weighted by atomic mass is 32.2. The van der Waals surface area contributed by atoms with E-state index < -0.39 is 28.0 Å². The van der Waals surface area contributed by atoms with E-state index in [0.29, 0.717) is 22.7 Å². The van der Waals surface area contributed by atoms with Crippen LogP contribution in [0.5, 0.6) is 5.75 Å². The number of hydrogen-bond donors (Lipinski definition) is 4. The third-order valence-corrected chi connectivity index (χ3v) is 6.12. The van der Waals surface area contributed by atoms with Crippen molar-refractivity contribution in [1.82, 2.24) is 5.32 Å². The first kappa shape index (κ1) is 24.6. The van der Waals surface area contributed by atoms with Crippen molar-refractivity contribution in [1.29, 1.82) is 0 Å². The van der Waals surface area contributed by atoms with Gasteiger partial charge in [0.15, 0.2) is 0 Å². The van der Waals surface area contributed by atoms with Gasteiger partial charge in [-0.25, -0.2) is 13.2 Å². The molecule has 3 aromatic carbocycles. The fraction of sp³-hybridized carbons (Fsp3) is 0.167. The number of rotatable bonds is 10. The minimum atomic E-state index is -3.64. The second-order valence-corrected chi connectivity index (χ2v) is 9.25. The highest BCUT2D eigenvalue weighted by Crippen LogP contribution is 2.18. The predicted octanol–water partition coefficient (Wildman–Crippen LogP) is 2.86. The molecule has 0 fully saturated rings. The number of hydrogen-bond acceptors (Lipinski definition) is 5. The van der Waals surface area contributed by atoms with Gasteiger partial charge in [-0.1, -0.05) is 42.5 Å². The molecular formula is C24H26N4O5S. The Morgan fingerprint density at radius 3 is 2.09 bits per heavy atom. The van der Waals surface area contributed by atoms with Gasteiger partial charge >= 0.3 is 6.03 Å². The van der Waals surface area contributed by atoms with Crippen LogP contribution in [-0.4, -0.2) is 33.5 Å². The molecule has 1 atom stereocenters. The number of ether oxygens (including phenoxy) is 1. The quantitative estimate of drug-likeness (QED) is 0.352. The van der Waals surface area contributed by atoms with Crippen LogP contribution in [0.15, 0.2) is 78.9 Å². The highest BCUT2D eigenvalue weighted by molar-refractivity contribution is 7.91. The van der Waals surface area contributed by atoms with Crippen molar-refractivity contribution in [2.24, 2.45) is 5.73 Å². The first-order valence-electron chi connectivity index (χ1n) is 10.4. The largest absolute Gasteiger partial charge is 0.497 e. The van der Waals surface area contributed by atoms with Gasteiger partial charge in [0.1, 0.15) is 11.8 Å². The van der Waals surface area contributed by atoms with Crippen molar-refractivity contribution in [3.63, 3.8) is 0 Å². The first-order valence-corrected chi connectivity index (χ1v) is 12.0. The lowest BCUT2D eigenvalue weighted by molar-refractivity contribution is -0.117. The molecular weight excluding hydrogens is 456 g/mol. The number of nitrogens with two attached hydrogens (primary N) is 1. The van der Waals surface area contributed by atoms with E-state index in [2.05, 4.69) is 15.4 Å². The van der Waals surface area contributed by atoms with Crippen molar-refractivity contribution in [2.75, 3.05) is 17.1 Å². The molecule has 3 amide bonds. The summed E-state index contributed by atoms with van der Waals surface area (Å²) in [5.74, 6) is -0.0607. The summed E-state index contributed by atoms with van der Waals surface area (Å²) in [5.41, 5.74) is 7.51. The summed E-state index contributed by atoms with van der Waals surface area (Å²) in [6.45, 7) is 0. The Bertz CT molecular complexity index is 1210. The molecule has 0 saturated carbocycles. The molecule has 1 unspecified atom stereocenters. The van der Waals surface area contributed by atoms with Crippen LogP contribution in [0, 0.1) is 0 Å². The van der Waals surface area contributed by atoms with Crippen LogP contribution >= 0.6 is 0 Å². The fourth-order valence-corrected chi connectivity index (χ4v) is 4.44. The van der Waals surface area contributed by atoms with Crippen LogP contribution in [0.25, 0.3) is 0 Å². The number of nitrogens with one attached hydrogen (secondary N) is 3. The molecule has 3 rings (SSSR count). The Labute approximate surface area is 198 Å². The summed E-state index contributed by atoms with van der Waals surface area (Å²) in [4.78, 5) is 24.1. The molecule has 0 radical (unpaired) electrons. The first-order chi connectivity index (χ1) is 16.2. The minimum Gasteiger partial charge on any atom is -0.497 e. The number of carbonyl (C=O) groups excluding carboxylic acids is 2. The van der Waals surface area contributed by atoms with E-state index in [-0.39, 0.29) is 12.2 Å². The number of anilines is 2. The summed E-state index contributed by atoms with van der Waals surface area (Å²) in [6.07, 6.45) is 0.267. The molecule has 0 aliphatic carbocycles. The van der Waals surface area contributed by atoms with E-state index in [1.54, 1.807) is 48.5 Å². The Hall–Kier alpha value is -4.05. The average Bonchev–Trinajstić information content (AvgIpc) is 2.80. The van der Waals surface area contributed by atoms with Gasteiger partial charge in [0.05, 0.1) is 12.9 Å². The summed E-state index contributed by atoms with van der Waals surface area (Å²) in [5, 5.41) is 5.17. The van der Waals surface area contributed by atoms with E-state index in [0.717, 1.165) is 5.56 Å². The highest BCUT2D eigenvalue weighted by Gasteiger charge is 2.20. The number of urea groups is 1. The SMILES string of the molecule is COc1ccc(NS(=O)(=O)Cc2ccc(NC(=O)C(Cc3ccccc3)NC(N)=O)cc2)cc1. The zero-order valence-corrected chi connectivity index (χ0v) is 19.3. The van der Waals surface area contributed by atoms with Crippen molar-refractivity contribution in [2.45, 2.75) is 18.2 Å². The predicted molar refractivity (Wildman–Crippen MR) is 131 cm³/mol. The molecule has 3 aromatic rings. The lowest BCUT2D eigenvalue weighted by Gasteiger charge is -2.17. The maximum absolute atomic E-state index is 12.7. The molecule has 5 N–H and O–H groups in total. The normalized spacial score (nSPS) is 11.8. The molecule has 0 aromatic heterocycles. The summed E-state index contributed by atoms with van der Waals surface area (Å²) < 4.78 is 32.6. The van der Waals surface area contributed by atoms with Crippen molar-refractivity contribution in [3.8, 4) is 5.75 Å². The third kappa shape index (κ3) is 7.52. The maximum Gasteiger partial charge on any atom is 0.312 e. The number of benzene rings is 3. The zero-order chi connectivity index (χ0) is 24.6. The van der Waals surface area contributed by atoms with E-state index in [4.69, 9.17) is 10.5 Å². The average molecular weight is 483 g/mol.